The Hall–Kier alpha value is -2.60. The number of benzene rings is 1. The second kappa shape index (κ2) is 7.11. The van der Waals surface area contributed by atoms with E-state index in [4.69, 9.17) is 19.9 Å². The van der Waals surface area contributed by atoms with E-state index in [0.717, 1.165) is 18.5 Å². The van der Waals surface area contributed by atoms with Gasteiger partial charge in [-0.1, -0.05) is 31.2 Å². The SMILES string of the molecule is CC1=C[C@H](O/C=C2/C(=O)O[C@@H]3c4ccccc4C[C@H]23)OC1=O.CCN. The van der Waals surface area contributed by atoms with Crippen molar-refractivity contribution in [2.75, 3.05) is 6.54 Å². The highest BCUT2D eigenvalue weighted by atomic mass is 16.7. The predicted octanol–water partition coefficient (Wildman–Crippen LogP) is 2.15. The number of hydrogen-bond acceptors (Lipinski definition) is 6. The molecule has 0 unspecified atom stereocenters. The first-order chi connectivity index (χ1) is 12.0. The zero-order valence-electron chi connectivity index (χ0n) is 14.2. The van der Waals surface area contributed by atoms with Crippen LogP contribution in [0.1, 0.15) is 31.1 Å². The Morgan fingerprint density at radius 1 is 1.24 bits per heavy atom. The van der Waals surface area contributed by atoms with Crippen LogP contribution in [0.5, 0.6) is 0 Å². The zero-order chi connectivity index (χ0) is 18.0. The van der Waals surface area contributed by atoms with Crippen LogP contribution in [-0.2, 0) is 30.2 Å². The van der Waals surface area contributed by atoms with E-state index in [9.17, 15) is 9.59 Å². The van der Waals surface area contributed by atoms with Crippen LogP contribution in [0.15, 0.2) is 47.7 Å². The first-order valence-electron chi connectivity index (χ1n) is 8.29. The fraction of sp³-hybridized carbons (Fsp3) is 0.368. The normalized spacial score (nSPS) is 27.7. The maximum Gasteiger partial charge on any atom is 0.338 e. The van der Waals surface area contributed by atoms with Gasteiger partial charge in [0, 0.05) is 17.6 Å². The molecule has 0 amide bonds. The molecule has 0 aromatic heterocycles. The molecule has 1 fully saturated rings. The van der Waals surface area contributed by atoms with Gasteiger partial charge in [-0.15, -0.1) is 0 Å². The molecule has 1 aromatic rings. The average Bonchev–Trinajstić information content (AvgIpc) is 3.19. The summed E-state index contributed by atoms with van der Waals surface area (Å²) in [4.78, 5) is 23.3. The molecule has 1 aliphatic carbocycles. The molecule has 2 heterocycles. The molecule has 3 atom stereocenters. The maximum atomic E-state index is 12.0. The molecule has 0 bridgehead atoms. The molecule has 132 valence electrons. The first kappa shape index (κ1) is 17.2. The van der Waals surface area contributed by atoms with E-state index < -0.39 is 12.3 Å². The van der Waals surface area contributed by atoms with Crippen molar-refractivity contribution in [1.82, 2.24) is 0 Å². The summed E-state index contributed by atoms with van der Waals surface area (Å²) >= 11 is 0. The van der Waals surface area contributed by atoms with E-state index in [2.05, 4.69) is 0 Å². The van der Waals surface area contributed by atoms with Gasteiger partial charge in [0.15, 0.2) is 0 Å². The molecule has 0 saturated carbocycles. The summed E-state index contributed by atoms with van der Waals surface area (Å²) < 4.78 is 15.9. The number of hydrogen-bond donors (Lipinski definition) is 1. The summed E-state index contributed by atoms with van der Waals surface area (Å²) in [7, 11) is 0. The van der Waals surface area contributed by atoms with E-state index in [-0.39, 0.29) is 18.0 Å². The van der Waals surface area contributed by atoms with Crippen molar-refractivity contribution in [2.24, 2.45) is 11.7 Å². The van der Waals surface area contributed by atoms with E-state index in [1.54, 1.807) is 13.0 Å². The monoisotopic (exact) mass is 343 g/mol. The van der Waals surface area contributed by atoms with Gasteiger partial charge in [0.1, 0.15) is 6.10 Å². The topological polar surface area (TPSA) is 87.9 Å². The number of fused-ring (bicyclic) bond motifs is 3. The molecule has 4 rings (SSSR count). The van der Waals surface area contributed by atoms with Crippen molar-refractivity contribution in [3.05, 3.63) is 58.9 Å². The lowest BCUT2D eigenvalue weighted by molar-refractivity contribution is -0.152. The third-order valence-electron chi connectivity index (χ3n) is 4.30. The summed E-state index contributed by atoms with van der Waals surface area (Å²) in [6, 6.07) is 7.96. The molecule has 2 N–H and O–H groups in total. The molecule has 25 heavy (non-hydrogen) atoms. The lowest BCUT2D eigenvalue weighted by Gasteiger charge is -2.09. The van der Waals surface area contributed by atoms with Gasteiger partial charge < -0.3 is 19.9 Å². The highest BCUT2D eigenvalue weighted by molar-refractivity contribution is 5.92. The van der Waals surface area contributed by atoms with Crippen molar-refractivity contribution in [3.8, 4) is 0 Å². The summed E-state index contributed by atoms with van der Waals surface area (Å²) in [6.07, 6.45) is 2.71. The van der Waals surface area contributed by atoms with Crippen molar-refractivity contribution in [2.45, 2.75) is 32.7 Å². The first-order valence-corrected chi connectivity index (χ1v) is 8.29. The van der Waals surface area contributed by atoms with Gasteiger partial charge in [-0.2, -0.15) is 0 Å². The second-order valence-electron chi connectivity index (χ2n) is 6.08. The Morgan fingerprint density at radius 2 is 1.96 bits per heavy atom. The van der Waals surface area contributed by atoms with Crippen LogP contribution in [0, 0.1) is 5.92 Å². The van der Waals surface area contributed by atoms with Crippen LogP contribution in [0.25, 0.3) is 0 Å². The molecule has 6 heteroatoms. The molecular formula is C19H21NO5. The lowest BCUT2D eigenvalue weighted by Crippen LogP contribution is -2.11. The second-order valence-corrected chi connectivity index (χ2v) is 6.08. The minimum atomic E-state index is -0.768. The van der Waals surface area contributed by atoms with Crippen LogP contribution in [0.2, 0.25) is 0 Å². The Bertz CT molecular complexity index is 752. The van der Waals surface area contributed by atoms with Gasteiger partial charge in [0.05, 0.1) is 11.8 Å². The third kappa shape index (κ3) is 3.30. The summed E-state index contributed by atoms with van der Waals surface area (Å²) in [5.74, 6) is -0.801. The molecule has 1 aromatic carbocycles. The number of esters is 2. The van der Waals surface area contributed by atoms with E-state index >= 15 is 0 Å². The average molecular weight is 343 g/mol. The van der Waals surface area contributed by atoms with Gasteiger partial charge in [-0.25, -0.2) is 9.59 Å². The van der Waals surface area contributed by atoms with Crippen molar-refractivity contribution in [3.63, 3.8) is 0 Å². The molecule has 3 aliphatic rings. The van der Waals surface area contributed by atoms with Gasteiger partial charge >= 0.3 is 11.9 Å². The van der Waals surface area contributed by atoms with Crippen LogP contribution >= 0.6 is 0 Å². The van der Waals surface area contributed by atoms with E-state index in [1.165, 1.54) is 11.8 Å². The van der Waals surface area contributed by atoms with Crippen molar-refractivity contribution < 1.29 is 23.8 Å². The van der Waals surface area contributed by atoms with Crippen molar-refractivity contribution >= 4 is 11.9 Å². The van der Waals surface area contributed by atoms with E-state index in [1.807, 2.05) is 31.2 Å². The largest absolute Gasteiger partial charge is 0.458 e. The quantitative estimate of drug-likeness (QED) is 0.503. The standard InChI is InChI=1S/C17H14O5.C2H7N/c1-9-6-14(21-16(9)18)20-8-13-12-7-10-4-2-3-5-11(10)15(12)22-17(13)19;1-2-3/h2-6,8,12,14-15H,7H2,1H3;2-3H2,1H3/b13-8+;/t12-,14-,15-;/m1./s1. The van der Waals surface area contributed by atoms with Crippen LogP contribution < -0.4 is 5.73 Å². The number of cyclic esters (lactones) is 1. The molecule has 2 aliphatic heterocycles. The van der Waals surface area contributed by atoms with Gasteiger partial charge in [0.25, 0.3) is 6.29 Å². The lowest BCUT2D eigenvalue weighted by atomic mass is 9.98. The molecule has 6 nitrogen and oxygen atoms in total. The number of carbonyl (C=O) groups is 2. The summed E-state index contributed by atoms with van der Waals surface area (Å²) in [6.45, 7) is 4.31. The Kier molecular flexibility index (Phi) is 4.90. The van der Waals surface area contributed by atoms with Gasteiger partial charge in [0.2, 0.25) is 0 Å². The summed E-state index contributed by atoms with van der Waals surface area (Å²) in [5.41, 5.74) is 8.10. The number of ether oxygens (including phenoxy) is 3. The third-order valence-corrected chi connectivity index (χ3v) is 4.30. The maximum absolute atomic E-state index is 12.0. The number of carbonyl (C=O) groups excluding carboxylic acids is 2. The zero-order valence-corrected chi connectivity index (χ0v) is 14.2. The number of nitrogens with two attached hydrogens (primary N) is 1. The fourth-order valence-corrected chi connectivity index (χ4v) is 3.16. The molecular weight excluding hydrogens is 322 g/mol. The minimum absolute atomic E-state index is 0.0351. The fourth-order valence-electron chi connectivity index (χ4n) is 3.16. The summed E-state index contributed by atoms with van der Waals surface area (Å²) in [5, 5.41) is 0. The predicted molar refractivity (Wildman–Crippen MR) is 90.0 cm³/mol. The number of rotatable bonds is 2. The van der Waals surface area contributed by atoms with Gasteiger partial charge in [-0.3, -0.25) is 0 Å². The Morgan fingerprint density at radius 3 is 2.64 bits per heavy atom. The van der Waals surface area contributed by atoms with E-state index in [0.29, 0.717) is 11.1 Å². The van der Waals surface area contributed by atoms with Gasteiger partial charge in [-0.05, 0) is 31.0 Å². The Labute approximate surface area is 146 Å². The van der Waals surface area contributed by atoms with Crippen LogP contribution in [0.3, 0.4) is 0 Å². The highest BCUT2D eigenvalue weighted by Gasteiger charge is 2.46. The Balaban J connectivity index is 0.000000569. The molecule has 1 saturated heterocycles. The molecule has 0 spiro atoms. The van der Waals surface area contributed by atoms with Crippen LogP contribution in [-0.4, -0.2) is 24.8 Å². The van der Waals surface area contributed by atoms with Crippen molar-refractivity contribution in [1.29, 1.82) is 0 Å². The van der Waals surface area contributed by atoms with Crippen LogP contribution in [0.4, 0.5) is 0 Å². The highest BCUT2D eigenvalue weighted by Crippen LogP contribution is 2.47. The molecule has 0 radical (unpaired) electrons. The minimum Gasteiger partial charge on any atom is -0.458 e. The smallest absolute Gasteiger partial charge is 0.338 e.